The van der Waals surface area contributed by atoms with E-state index in [1.165, 1.54) is 0 Å². The molecule has 1 saturated heterocycles. The molecular formula is C11H18O3. The summed E-state index contributed by atoms with van der Waals surface area (Å²) in [6, 6.07) is 0. The van der Waals surface area contributed by atoms with Crippen molar-refractivity contribution in [1.29, 1.82) is 0 Å². The zero-order valence-electron chi connectivity index (χ0n) is 9.13. The Hall–Kier alpha value is -0.410. The molecule has 3 nitrogen and oxygen atoms in total. The van der Waals surface area contributed by atoms with Crippen LogP contribution in [0.1, 0.15) is 46.5 Å². The van der Waals surface area contributed by atoms with Crippen LogP contribution in [0.3, 0.4) is 0 Å². The van der Waals surface area contributed by atoms with Crippen LogP contribution in [-0.4, -0.2) is 23.3 Å². The van der Waals surface area contributed by atoms with E-state index in [1.54, 1.807) is 0 Å². The summed E-state index contributed by atoms with van der Waals surface area (Å²) in [5, 5.41) is 0. The molecule has 1 aliphatic heterocycles. The van der Waals surface area contributed by atoms with Gasteiger partial charge in [0.2, 0.25) is 0 Å². The van der Waals surface area contributed by atoms with Crippen LogP contribution in [-0.2, 0) is 14.3 Å². The zero-order valence-corrected chi connectivity index (χ0v) is 9.13. The van der Waals surface area contributed by atoms with Gasteiger partial charge in [-0.25, -0.2) is 0 Å². The molecule has 1 heterocycles. The molecule has 1 atom stereocenters. The lowest BCUT2D eigenvalue weighted by Crippen LogP contribution is -2.48. The van der Waals surface area contributed by atoms with Crippen LogP contribution in [0.15, 0.2) is 0 Å². The van der Waals surface area contributed by atoms with Gasteiger partial charge in [0.05, 0.1) is 5.60 Å². The highest BCUT2D eigenvalue weighted by atomic mass is 16.7. The molecule has 80 valence electrons. The van der Waals surface area contributed by atoms with Crippen molar-refractivity contribution in [3.05, 3.63) is 0 Å². The monoisotopic (exact) mass is 198 g/mol. The third-order valence-corrected chi connectivity index (χ3v) is 2.96. The molecule has 0 radical (unpaired) electrons. The molecule has 1 saturated carbocycles. The maximum atomic E-state index is 11.6. The fourth-order valence-corrected chi connectivity index (χ4v) is 2.16. The molecule has 3 heteroatoms. The summed E-state index contributed by atoms with van der Waals surface area (Å²) in [7, 11) is 0. The molecule has 0 aromatic carbocycles. The minimum absolute atomic E-state index is 0.0305. The van der Waals surface area contributed by atoms with Crippen LogP contribution in [0.5, 0.6) is 0 Å². The van der Waals surface area contributed by atoms with Gasteiger partial charge in [0.25, 0.3) is 0 Å². The number of ether oxygens (including phenoxy) is 2. The van der Waals surface area contributed by atoms with E-state index in [9.17, 15) is 4.79 Å². The molecule has 14 heavy (non-hydrogen) atoms. The van der Waals surface area contributed by atoms with E-state index in [0.29, 0.717) is 6.42 Å². The normalized spacial score (nSPS) is 32.9. The van der Waals surface area contributed by atoms with E-state index in [0.717, 1.165) is 19.3 Å². The Morgan fingerprint density at radius 3 is 2.57 bits per heavy atom. The molecule has 0 aromatic heterocycles. The fraction of sp³-hybridized carbons (Fsp3) is 0.909. The number of carbonyl (C=O) groups is 1. The van der Waals surface area contributed by atoms with Crippen LogP contribution < -0.4 is 0 Å². The number of carbonyl (C=O) groups excluding carboxylic acids is 1. The van der Waals surface area contributed by atoms with E-state index >= 15 is 0 Å². The molecule has 1 aliphatic carbocycles. The number of rotatable bonds is 2. The maximum absolute atomic E-state index is 11.6. The van der Waals surface area contributed by atoms with E-state index in [4.69, 9.17) is 9.47 Å². The van der Waals surface area contributed by atoms with Gasteiger partial charge < -0.3 is 9.47 Å². The molecule has 0 bridgehead atoms. The number of Topliss-reactive ketones (excluding diaryl/α,β-unsaturated/α-hetero) is 1. The van der Waals surface area contributed by atoms with Crippen molar-refractivity contribution in [3.8, 4) is 0 Å². The van der Waals surface area contributed by atoms with Gasteiger partial charge in [-0.1, -0.05) is 6.92 Å². The summed E-state index contributed by atoms with van der Waals surface area (Å²) in [6.07, 6.45) is 3.21. The molecular weight excluding hydrogens is 180 g/mol. The molecule has 2 fully saturated rings. The standard InChI is InChI=1S/C11H18O3/c1-4-8(12)9-7-11(5-6-11)14-10(2,3)13-9/h9H,4-7H2,1-3H3/t9-/m1/s1. The van der Waals surface area contributed by atoms with Crippen molar-refractivity contribution < 1.29 is 14.3 Å². The summed E-state index contributed by atoms with van der Waals surface area (Å²) in [4.78, 5) is 11.6. The molecule has 0 aromatic rings. The lowest BCUT2D eigenvalue weighted by atomic mass is 10.0. The first-order chi connectivity index (χ1) is 6.46. The first kappa shape index (κ1) is 10.1. The van der Waals surface area contributed by atoms with Crippen molar-refractivity contribution in [2.75, 3.05) is 0 Å². The van der Waals surface area contributed by atoms with Crippen LogP contribution in [0.2, 0.25) is 0 Å². The minimum Gasteiger partial charge on any atom is -0.344 e. The molecule has 2 rings (SSSR count). The average molecular weight is 198 g/mol. The second-order valence-electron chi connectivity index (χ2n) is 4.82. The highest BCUT2D eigenvalue weighted by molar-refractivity contribution is 5.83. The molecule has 2 aliphatic rings. The molecule has 0 N–H and O–H groups in total. The second kappa shape index (κ2) is 3.04. The Balaban J connectivity index is 2.09. The van der Waals surface area contributed by atoms with Crippen LogP contribution in [0.25, 0.3) is 0 Å². The van der Waals surface area contributed by atoms with Crippen LogP contribution >= 0.6 is 0 Å². The zero-order chi connectivity index (χ0) is 10.4. The van der Waals surface area contributed by atoms with Gasteiger partial charge in [-0.2, -0.15) is 0 Å². The SMILES string of the molecule is CCC(=O)[C@H]1CC2(CC2)OC(C)(C)O1. The van der Waals surface area contributed by atoms with Crippen molar-refractivity contribution in [3.63, 3.8) is 0 Å². The lowest BCUT2D eigenvalue weighted by Gasteiger charge is -2.40. The fourth-order valence-electron chi connectivity index (χ4n) is 2.16. The van der Waals surface area contributed by atoms with Crippen molar-refractivity contribution >= 4 is 5.78 Å². The first-order valence-corrected chi connectivity index (χ1v) is 5.37. The smallest absolute Gasteiger partial charge is 0.164 e. The second-order valence-corrected chi connectivity index (χ2v) is 4.82. The van der Waals surface area contributed by atoms with Crippen molar-refractivity contribution in [1.82, 2.24) is 0 Å². The quantitative estimate of drug-likeness (QED) is 0.681. The van der Waals surface area contributed by atoms with Crippen LogP contribution in [0, 0.1) is 0 Å². The van der Waals surface area contributed by atoms with E-state index in [-0.39, 0.29) is 17.5 Å². The summed E-state index contributed by atoms with van der Waals surface area (Å²) in [5.41, 5.74) is -0.0305. The van der Waals surface area contributed by atoms with Crippen molar-refractivity contribution in [2.45, 2.75) is 63.9 Å². The predicted molar refractivity (Wildman–Crippen MR) is 51.9 cm³/mol. The Labute approximate surface area is 84.8 Å². The van der Waals surface area contributed by atoms with Crippen molar-refractivity contribution in [2.24, 2.45) is 0 Å². The third kappa shape index (κ3) is 1.84. The lowest BCUT2D eigenvalue weighted by molar-refractivity contribution is -0.302. The summed E-state index contributed by atoms with van der Waals surface area (Å²) >= 11 is 0. The van der Waals surface area contributed by atoms with Gasteiger partial charge in [-0.3, -0.25) is 4.79 Å². The van der Waals surface area contributed by atoms with Gasteiger partial charge >= 0.3 is 0 Å². The highest BCUT2D eigenvalue weighted by Crippen LogP contribution is 2.50. The molecule has 1 spiro atoms. The highest BCUT2D eigenvalue weighted by Gasteiger charge is 2.54. The third-order valence-electron chi connectivity index (χ3n) is 2.96. The van der Waals surface area contributed by atoms with Crippen LogP contribution in [0.4, 0.5) is 0 Å². The minimum atomic E-state index is -0.593. The Bertz CT molecular complexity index is 247. The van der Waals surface area contributed by atoms with E-state index in [2.05, 4.69) is 0 Å². The summed E-state index contributed by atoms with van der Waals surface area (Å²) in [6.45, 7) is 5.66. The Kier molecular flexibility index (Phi) is 2.20. The van der Waals surface area contributed by atoms with Gasteiger partial charge in [-0.05, 0) is 26.7 Å². The van der Waals surface area contributed by atoms with Gasteiger partial charge in [0, 0.05) is 12.8 Å². The van der Waals surface area contributed by atoms with Gasteiger partial charge in [0.15, 0.2) is 11.6 Å². The molecule has 0 amide bonds. The maximum Gasteiger partial charge on any atom is 0.164 e. The number of hydrogen-bond donors (Lipinski definition) is 0. The van der Waals surface area contributed by atoms with Gasteiger partial charge in [0.1, 0.15) is 6.10 Å². The average Bonchev–Trinajstić information content (AvgIpc) is 2.80. The summed E-state index contributed by atoms with van der Waals surface area (Å²) < 4.78 is 11.5. The summed E-state index contributed by atoms with van der Waals surface area (Å²) in [5.74, 6) is -0.391. The largest absolute Gasteiger partial charge is 0.344 e. The first-order valence-electron chi connectivity index (χ1n) is 5.37. The number of ketones is 1. The van der Waals surface area contributed by atoms with E-state index in [1.807, 2.05) is 20.8 Å². The Morgan fingerprint density at radius 2 is 2.07 bits per heavy atom. The Morgan fingerprint density at radius 1 is 1.43 bits per heavy atom. The van der Waals surface area contributed by atoms with E-state index < -0.39 is 5.79 Å². The topological polar surface area (TPSA) is 35.5 Å². The number of hydrogen-bond acceptors (Lipinski definition) is 3. The molecule has 0 unspecified atom stereocenters. The van der Waals surface area contributed by atoms with Gasteiger partial charge in [-0.15, -0.1) is 0 Å². The predicted octanol–water partition coefficient (Wildman–Crippen LogP) is 2.04.